The molecule has 0 unspecified atom stereocenters. The first-order chi connectivity index (χ1) is 15.4. The van der Waals surface area contributed by atoms with Gasteiger partial charge in [0, 0.05) is 44.4 Å². The van der Waals surface area contributed by atoms with Crippen molar-refractivity contribution < 1.29 is 29.7 Å². The summed E-state index contributed by atoms with van der Waals surface area (Å²) in [4.78, 5) is 30.9. The predicted molar refractivity (Wildman–Crippen MR) is 125 cm³/mol. The van der Waals surface area contributed by atoms with Crippen LogP contribution in [0.15, 0.2) is 24.3 Å². The quantitative estimate of drug-likeness (QED) is 0.177. The second kappa shape index (κ2) is 23.7. The van der Waals surface area contributed by atoms with Crippen molar-refractivity contribution in [1.82, 2.24) is 0 Å². The molecular weight excluding hydrogens is 615 g/mol. The van der Waals surface area contributed by atoms with Crippen LogP contribution in [-0.2, 0) is 4.79 Å². The Balaban J connectivity index is 0. The first kappa shape index (κ1) is 33.7. The molecule has 7 heteroatoms. The molecule has 1 rings (SSSR count). The summed E-state index contributed by atoms with van der Waals surface area (Å²) in [5, 5.41) is 30.9. The van der Waals surface area contributed by atoms with Crippen LogP contribution in [0.2, 0.25) is 0 Å². The molecule has 33 heavy (non-hydrogen) atoms. The number of carbonyl (C=O) groups excluding carboxylic acids is 3. The van der Waals surface area contributed by atoms with E-state index < -0.39 is 17.9 Å². The summed E-state index contributed by atoms with van der Waals surface area (Å²) < 4.78 is 0. The van der Waals surface area contributed by atoms with Crippen molar-refractivity contribution in [3.8, 4) is 0 Å². The van der Waals surface area contributed by atoms with E-state index in [1.165, 1.54) is 95.6 Å². The maximum atomic E-state index is 10.3. The number of hydrogen-bond acceptors (Lipinski definition) is 6. The fourth-order valence-electron chi connectivity index (χ4n) is 3.48. The van der Waals surface area contributed by atoms with Gasteiger partial charge in [-0.25, -0.2) is 0 Å². The largest absolute Gasteiger partial charge is 0.550 e. The van der Waals surface area contributed by atoms with Gasteiger partial charge < -0.3 is 29.7 Å². The standard InChI is InChI=1S/C18H36O2.C8H6O4.Pb/c1-2-3-4-5-6-7-8-9-10-11-12-13-14-15-16-17-18(19)20;9-7(10)5-3-1-2-4-6(5)8(11)12;/h2-17H2,1H3,(H,19,20);1-4H,(H,9,10)(H,11,12);/p-3. The first-order valence-electron chi connectivity index (χ1n) is 12.1. The molecular formula is C26H39O6Pb-3. The molecule has 0 aliphatic rings. The summed E-state index contributed by atoms with van der Waals surface area (Å²) in [6.07, 6.45) is 19.9. The smallest absolute Gasteiger partial charge is 0.0721 e. The maximum Gasteiger partial charge on any atom is 0.0721 e. The summed E-state index contributed by atoms with van der Waals surface area (Å²) in [6, 6.07) is 5.14. The minimum atomic E-state index is -1.52. The maximum absolute atomic E-state index is 10.3. The summed E-state index contributed by atoms with van der Waals surface area (Å²) in [7, 11) is 0. The molecule has 0 atom stereocenters. The van der Waals surface area contributed by atoms with Gasteiger partial charge in [0.05, 0.1) is 11.9 Å². The predicted octanol–water partition coefficient (Wildman–Crippen LogP) is 3.03. The van der Waals surface area contributed by atoms with Gasteiger partial charge in [0.25, 0.3) is 0 Å². The van der Waals surface area contributed by atoms with E-state index in [0.717, 1.165) is 25.0 Å². The van der Waals surface area contributed by atoms with Crippen LogP contribution in [0.1, 0.15) is 130 Å². The summed E-state index contributed by atoms with van der Waals surface area (Å²) in [5.41, 5.74) is -0.727. The van der Waals surface area contributed by atoms with Crippen LogP contribution in [0.5, 0.6) is 0 Å². The Morgan fingerprint density at radius 2 is 0.879 bits per heavy atom. The summed E-state index contributed by atoms with van der Waals surface area (Å²) >= 11 is 0. The van der Waals surface area contributed by atoms with Crippen molar-refractivity contribution in [2.24, 2.45) is 0 Å². The topological polar surface area (TPSA) is 120 Å². The zero-order valence-electron chi connectivity index (χ0n) is 20.1. The molecule has 0 saturated carbocycles. The molecule has 0 fully saturated rings. The summed E-state index contributed by atoms with van der Waals surface area (Å²) in [6.45, 7) is 2.27. The van der Waals surface area contributed by atoms with Crippen molar-refractivity contribution in [1.29, 1.82) is 0 Å². The molecule has 0 saturated heterocycles. The minimum absolute atomic E-state index is 0. The Morgan fingerprint density at radius 3 is 1.15 bits per heavy atom. The molecule has 4 radical (unpaired) electrons. The van der Waals surface area contributed by atoms with E-state index in [2.05, 4.69) is 6.92 Å². The summed E-state index contributed by atoms with van der Waals surface area (Å²) in [5.74, 6) is -3.94. The molecule has 1 aromatic carbocycles. The number of hydrogen-bond donors (Lipinski definition) is 0. The van der Waals surface area contributed by atoms with Crippen molar-refractivity contribution in [3.05, 3.63) is 35.4 Å². The van der Waals surface area contributed by atoms with Crippen molar-refractivity contribution >= 4 is 45.2 Å². The zero-order chi connectivity index (χ0) is 24.0. The van der Waals surface area contributed by atoms with E-state index in [1.807, 2.05) is 0 Å². The second-order valence-corrected chi connectivity index (χ2v) is 8.19. The van der Waals surface area contributed by atoms with Gasteiger partial charge in [0.15, 0.2) is 0 Å². The van der Waals surface area contributed by atoms with E-state index in [-0.39, 0.29) is 44.8 Å². The van der Waals surface area contributed by atoms with Crippen LogP contribution in [0.25, 0.3) is 0 Å². The third-order valence-corrected chi connectivity index (χ3v) is 5.35. The van der Waals surface area contributed by atoms with Gasteiger partial charge in [-0.15, -0.1) is 0 Å². The molecule has 0 aliphatic carbocycles. The molecule has 186 valence electrons. The van der Waals surface area contributed by atoms with E-state index in [0.29, 0.717) is 0 Å². The molecule has 6 nitrogen and oxygen atoms in total. The fraction of sp³-hybridized carbons (Fsp3) is 0.654. The molecule has 0 N–H and O–H groups in total. The SMILES string of the molecule is CCCCCCCCCCCCCCCCCC(=O)[O-].O=C([O-])c1ccccc1C(=O)[O-].[Pb]. The van der Waals surface area contributed by atoms with Crippen LogP contribution < -0.4 is 15.3 Å². The second-order valence-electron chi connectivity index (χ2n) is 8.19. The molecule has 0 heterocycles. The number of aromatic carboxylic acids is 2. The van der Waals surface area contributed by atoms with Crippen molar-refractivity contribution in [2.75, 3.05) is 0 Å². The van der Waals surface area contributed by atoms with Gasteiger partial charge in [-0.2, -0.15) is 0 Å². The number of aliphatic carboxylic acids is 1. The monoisotopic (exact) mass is 655 g/mol. The van der Waals surface area contributed by atoms with Gasteiger partial charge in [-0.1, -0.05) is 121 Å². The Labute approximate surface area is 219 Å². The van der Waals surface area contributed by atoms with Crippen LogP contribution in [-0.4, -0.2) is 45.2 Å². The Hall–Kier alpha value is -1.45. The van der Waals surface area contributed by atoms with Crippen molar-refractivity contribution in [2.45, 2.75) is 110 Å². The van der Waals surface area contributed by atoms with Gasteiger partial charge >= 0.3 is 0 Å². The van der Waals surface area contributed by atoms with E-state index in [4.69, 9.17) is 0 Å². The molecule has 1 aromatic rings. The number of carbonyl (C=O) groups is 3. The van der Waals surface area contributed by atoms with Gasteiger partial charge in [0.1, 0.15) is 0 Å². The third-order valence-electron chi connectivity index (χ3n) is 5.35. The average Bonchev–Trinajstić information content (AvgIpc) is 2.76. The third kappa shape index (κ3) is 20.9. The normalized spacial score (nSPS) is 9.97. The molecule has 0 bridgehead atoms. The Kier molecular flexibility index (Phi) is 24.2. The number of benzene rings is 1. The van der Waals surface area contributed by atoms with Crippen LogP contribution in [0, 0.1) is 0 Å². The number of rotatable bonds is 18. The van der Waals surface area contributed by atoms with Gasteiger partial charge in [0.2, 0.25) is 0 Å². The number of carboxylic acids is 3. The van der Waals surface area contributed by atoms with Crippen LogP contribution in [0.3, 0.4) is 0 Å². The molecule has 0 amide bonds. The first-order valence-corrected chi connectivity index (χ1v) is 12.1. The van der Waals surface area contributed by atoms with E-state index in [1.54, 1.807) is 0 Å². The Morgan fingerprint density at radius 1 is 0.576 bits per heavy atom. The molecule has 0 aliphatic heterocycles. The van der Waals surface area contributed by atoms with E-state index >= 15 is 0 Å². The molecule has 0 spiro atoms. The van der Waals surface area contributed by atoms with Crippen LogP contribution >= 0.6 is 0 Å². The number of unbranched alkanes of at least 4 members (excludes halogenated alkanes) is 14. The average molecular weight is 655 g/mol. The number of carboxylic acid groups (broad SMARTS) is 3. The minimum Gasteiger partial charge on any atom is -0.550 e. The van der Waals surface area contributed by atoms with Gasteiger partial charge in [-0.3, -0.25) is 0 Å². The van der Waals surface area contributed by atoms with Gasteiger partial charge in [-0.05, 0) is 12.8 Å². The van der Waals surface area contributed by atoms with E-state index in [9.17, 15) is 29.7 Å². The Bertz CT molecular complexity index is 614. The van der Waals surface area contributed by atoms with Crippen molar-refractivity contribution in [3.63, 3.8) is 0 Å². The molecule has 0 aromatic heterocycles. The van der Waals surface area contributed by atoms with Crippen LogP contribution in [0.4, 0.5) is 0 Å². The zero-order valence-corrected chi connectivity index (χ0v) is 24.0. The fourth-order valence-corrected chi connectivity index (χ4v) is 3.48.